The highest BCUT2D eigenvalue weighted by Gasteiger charge is 2.41. The number of carbonyl (C=O) groups is 2. The fourth-order valence-corrected chi connectivity index (χ4v) is 2.02. The smallest absolute Gasteiger partial charge is 0.315 e. The zero-order valence-electron chi connectivity index (χ0n) is 8.53. The Bertz CT molecular complexity index is 261. The van der Waals surface area contributed by atoms with E-state index in [0.29, 0.717) is 13.1 Å². The predicted octanol–water partition coefficient (Wildman–Crippen LogP) is 1.21. The molecule has 2 aliphatic rings. The number of urea groups is 1. The van der Waals surface area contributed by atoms with Crippen molar-refractivity contribution in [2.24, 2.45) is 0 Å². The Labute approximate surface area is 83.9 Å². The van der Waals surface area contributed by atoms with Crippen LogP contribution in [0.1, 0.15) is 32.6 Å². The van der Waals surface area contributed by atoms with E-state index in [4.69, 9.17) is 0 Å². The molecule has 0 bridgehead atoms. The summed E-state index contributed by atoms with van der Waals surface area (Å²) in [7, 11) is 0. The average molecular weight is 196 g/mol. The van der Waals surface area contributed by atoms with Crippen molar-refractivity contribution < 1.29 is 9.59 Å². The molecule has 0 N–H and O–H groups in total. The standard InChI is InChI=1S/C10H16N2O2/c1-2-6-11-7-9(13)12(10(11)14)8-4-3-5-8/h8H,2-7H2,1H3. The van der Waals surface area contributed by atoms with Crippen molar-refractivity contribution in [2.75, 3.05) is 13.1 Å². The summed E-state index contributed by atoms with van der Waals surface area (Å²) in [6.45, 7) is 3.01. The van der Waals surface area contributed by atoms with E-state index in [-0.39, 0.29) is 18.0 Å². The molecule has 0 aromatic rings. The molecule has 2 fully saturated rings. The number of rotatable bonds is 3. The minimum absolute atomic E-state index is 0.00634. The van der Waals surface area contributed by atoms with Gasteiger partial charge in [-0.2, -0.15) is 0 Å². The third-order valence-electron chi connectivity index (χ3n) is 3.00. The van der Waals surface area contributed by atoms with Gasteiger partial charge in [-0.15, -0.1) is 0 Å². The summed E-state index contributed by atoms with van der Waals surface area (Å²) in [6, 6.07) is 0.137. The average Bonchev–Trinajstić information content (AvgIpc) is 2.31. The number of nitrogens with zero attached hydrogens (tertiary/aromatic N) is 2. The third-order valence-corrected chi connectivity index (χ3v) is 3.00. The number of hydrogen-bond donors (Lipinski definition) is 0. The van der Waals surface area contributed by atoms with Crippen molar-refractivity contribution >= 4 is 11.9 Å². The molecule has 14 heavy (non-hydrogen) atoms. The van der Waals surface area contributed by atoms with Gasteiger partial charge in [-0.25, -0.2) is 4.79 Å². The highest BCUT2D eigenvalue weighted by atomic mass is 16.2. The van der Waals surface area contributed by atoms with Crippen molar-refractivity contribution in [2.45, 2.75) is 38.6 Å². The second-order valence-electron chi connectivity index (χ2n) is 4.05. The summed E-state index contributed by atoms with van der Waals surface area (Å²) in [6.07, 6.45) is 4.06. The largest absolute Gasteiger partial charge is 0.327 e. The third kappa shape index (κ3) is 1.38. The summed E-state index contributed by atoms with van der Waals surface area (Å²) >= 11 is 0. The molecule has 0 atom stereocenters. The van der Waals surface area contributed by atoms with E-state index in [1.165, 1.54) is 4.90 Å². The van der Waals surface area contributed by atoms with E-state index in [1.54, 1.807) is 4.90 Å². The van der Waals surface area contributed by atoms with Crippen molar-refractivity contribution in [1.82, 2.24) is 9.80 Å². The summed E-state index contributed by atoms with van der Waals surface area (Å²) in [4.78, 5) is 26.5. The normalized spacial score (nSPS) is 23.2. The monoisotopic (exact) mass is 196 g/mol. The molecule has 4 heteroatoms. The summed E-state index contributed by atoms with van der Waals surface area (Å²) in [5, 5.41) is 0. The van der Waals surface area contributed by atoms with Gasteiger partial charge in [-0.3, -0.25) is 9.69 Å². The van der Waals surface area contributed by atoms with Crippen molar-refractivity contribution in [3.05, 3.63) is 0 Å². The highest BCUT2D eigenvalue weighted by Crippen LogP contribution is 2.28. The number of amides is 3. The van der Waals surface area contributed by atoms with Crippen LogP contribution >= 0.6 is 0 Å². The lowest BCUT2D eigenvalue weighted by Crippen LogP contribution is -2.44. The summed E-state index contributed by atoms with van der Waals surface area (Å²) in [5.41, 5.74) is 0. The molecule has 1 aliphatic heterocycles. The van der Waals surface area contributed by atoms with Gasteiger partial charge >= 0.3 is 6.03 Å². The Balaban J connectivity index is 2.03. The molecule has 0 spiro atoms. The topological polar surface area (TPSA) is 40.6 Å². The Kier molecular flexibility index (Phi) is 2.44. The lowest BCUT2D eigenvalue weighted by molar-refractivity contribution is -0.127. The van der Waals surface area contributed by atoms with E-state index in [2.05, 4.69) is 0 Å². The number of carbonyl (C=O) groups excluding carboxylic acids is 2. The molecule has 0 unspecified atom stereocenters. The first-order valence-electron chi connectivity index (χ1n) is 5.35. The van der Waals surface area contributed by atoms with E-state index in [1.807, 2.05) is 6.92 Å². The lowest BCUT2D eigenvalue weighted by Gasteiger charge is -2.32. The maximum Gasteiger partial charge on any atom is 0.327 e. The van der Waals surface area contributed by atoms with Gasteiger partial charge in [-0.05, 0) is 25.7 Å². The van der Waals surface area contributed by atoms with Gasteiger partial charge in [0.15, 0.2) is 0 Å². The molecule has 1 saturated carbocycles. The van der Waals surface area contributed by atoms with Crippen LogP contribution < -0.4 is 0 Å². The second-order valence-corrected chi connectivity index (χ2v) is 4.05. The first-order valence-corrected chi connectivity index (χ1v) is 5.35. The molecule has 4 nitrogen and oxygen atoms in total. The molecule has 0 aromatic carbocycles. The Morgan fingerprint density at radius 3 is 2.57 bits per heavy atom. The number of hydrogen-bond acceptors (Lipinski definition) is 2. The quantitative estimate of drug-likeness (QED) is 0.637. The van der Waals surface area contributed by atoms with E-state index in [0.717, 1.165) is 25.7 Å². The van der Waals surface area contributed by atoms with Crippen LogP contribution in [0.25, 0.3) is 0 Å². The van der Waals surface area contributed by atoms with Crippen LogP contribution in [0.4, 0.5) is 4.79 Å². The fraction of sp³-hybridized carbons (Fsp3) is 0.800. The van der Waals surface area contributed by atoms with E-state index >= 15 is 0 Å². The molecule has 78 valence electrons. The summed E-state index contributed by atoms with van der Waals surface area (Å²) in [5.74, 6) is -0.00634. The maximum absolute atomic E-state index is 11.8. The maximum atomic E-state index is 11.8. The van der Waals surface area contributed by atoms with Crippen molar-refractivity contribution in [1.29, 1.82) is 0 Å². The first-order chi connectivity index (χ1) is 6.74. The van der Waals surface area contributed by atoms with Gasteiger partial charge in [0.05, 0.1) is 0 Å². The van der Waals surface area contributed by atoms with Crippen LogP contribution in [-0.4, -0.2) is 40.9 Å². The molecule has 3 amide bonds. The molecular weight excluding hydrogens is 180 g/mol. The van der Waals surface area contributed by atoms with Crippen LogP contribution in [0.15, 0.2) is 0 Å². The molecule has 1 saturated heterocycles. The molecular formula is C10H16N2O2. The van der Waals surface area contributed by atoms with Gasteiger partial charge in [0.2, 0.25) is 0 Å². The van der Waals surface area contributed by atoms with Gasteiger partial charge in [-0.1, -0.05) is 6.92 Å². The lowest BCUT2D eigenvalue weighted by atomic mass is 9.92. The predicted molar refractivity (Wildman–Crippen MR) is 51.7 cm³/mol. The fourth-order valence-electron chi connectivity index (χ4n) is 2.02. The Hall–Kier alpha value is -1.06. The van der Waals surface area contributed by atoms with Crippen LogP contribution in [-0.2, 0) is 4.79 Å². The molecule has 1 aliphatic carbocycles. The summed E-state index contributed by atoms with van der Waals surface area (Å²) < 4.78 is 0. The second kappa shape index (κ2) is 3.59. The van der Waals surface area contributed by atoms with Crippen LogP contribution in [0, 0.1) is 0 Å². The zero-order valence-corrected chi connectivity index (χ0v) is 8.53. The van der Waals surface area contributed by atoms with E-state index < -0.39 is 0 Å². The minimum Gasteiger partial charge on any atom is -0.315 e. The van der Waals surface area contributed by atoms with Crippen LogP contribution in [0.2, 0.25) is 0 Å². The molecule has 2 rings (SSSR count). The molecule has 0 radical (unpaired) electrons. The van der Waals surface area contributed by atoms with Crippen LogP contribution in [0.3, 0.4) is 0 Å². The van der Waals surface area contributed by atoms with Gasteiger partial charge in [0.25, 0.3) is 5.91 Å². The van der Waals surface area contributed by atoms with Gasteiger partial charge in [0.1, 0.15) is 6.54 Å². The van der Waals surface area contributed by atoms with Gasteiger partial charge < -0.3 is 4.90 Å². The zero-order chi connectivity index (χ0) is 10.1. The SMILES string of the molecule is CCCN1CC(=O)N(C2CCC2)C1=O. The van der Waals surface area contributed by atoms with E-state index in [9.17, 15) is 9.59 Å². The highest BCUT2D eigenvalue weighted by molar-refractivity contribution is 6.02. The van der Waals surface area contributed by atoms with Crippen LogP contribution in [0.5, 0.6) is 0 Å². The Morgan fingerprint density at radius 1 is 1.36 bits per heavy atom. The van der Waals surface area contributed by atoms with Gasteiger partial charge in [0, 0.05) is 12.6 Å². The minimum atomic E-state index is -0.0680. The Morgan fingerprint density at radius 2 is 2.07 bits per heavy atom. The molecule has 0 aromatic heterocycles. The van der Waals surface area contributed by atoms with Crippen molar-refractivity contribution in [3.8, 4) is 0 Å². The first kappa shape index (κ1) is 9.49. The molecule has 1 heterocycles. The van der Waals surface area contributed by atoms with Crippen molar-refractivity contribution in [3.63, 3.8) is 0 Å². The number of imide groups is 1.